The number of nitrogens with zero attached hydrogens (tertiary/aromatic N) is 1. The van der Waals surface area contributed by atoms with Crippen LogP contribution < -0.4 is 15.5 Å². The second kappa shape index (κ2) is 10.7. The highest BCUT2D eigenvalue weighted by Gasteiger charge is 2.29. The molecule has 2 N–H and O–H groups in total. The molecule has 0 bridgehead atoms. The SMILES string of the molecule is CCCCNC(=O)C1CCC(C(=O)Nc2ccc(N3CCC(C)CC3)cc2)CC1. The monoisotopic (exact) mass is 399 g/mol. The van der Waals surface area contributed by atoms with Crippen molar-refractivity contribution in [3.05, 3.63) is 24.3 Å². The van der Waals surface area contributed by atoms with Gasteiger partial charge in [-0.05, 0) is 75.1 Å². The van der Waals surface area contributed by atoms with Crippen LogP contribution in [0.4, 0.5) is 11.4 Å². The lowest BCUT2D eigenvalue weighted by Gasteiger charge is -2.32. The Morgan fingerprint density at radius 3 is 2.10 bits per heavy atom. The molecule has 1 aliphatic carbocycles. The molecule has 2 aliphatic rings. The summed E-state index contributed by atoms with van der Waals surface area (Å²) >= 11 is 0. The van der Waals surface area contributed by atoms with Crippen LogP contribution in [0.1, 0.15) is 65.2 Å². The highest BCUT2D eigenvalue weighted by atomic mass is 16.2. The first kappa shape index (κ1) is 21.7. The lowest BCUT2D eigenvalue weighted by Crippen LogP contribution is -2.35. The van der Waals surface area contributed by atoms with Crippen molar-refractivity contribution in [2.45, 2.75) is 65.2 Å². The van der Waals surface area contributed by atoms with Gasteiger partial charge in [-0.15, -0.1) is 0 Å². The smallest absolute Gasteiger partial charge is 0.227 e. The van der Waals surface area contributed by atoms with Crippen molar-refractivity contribution < 1.29 is 9.59 Å². The van der Waals surface area contributed by atoms with Gasteiger partial charge in [-0.25, -0.2) is 0 Å². The average molecular weight is 400 g/mol. The Morgan fingerprint density at radius 1 is 0.931 bits per heavy atom. The normalized spacial score (nSPS) is 22.9. The third-order valence-corrected chi connectivity index (χ3v) is 6.58. The van der Waals surface area contributed by atoms with E-state index in [1.165, 1.54) is 18.5 Å². The highest BCUT2D eigenvalue weighted by Crippen LogP contribution is 2.30. The first-order chi connectivity index (χ1) is 14.1. The lowest BCUT2D eigenvalue weighted by molar-refractivity contribution is -0.128. The lowest BCUT2D eigenvalue weighted by atomic mass is 9.81. The van der Waals surface area contributed by atoms with Crippen molar-refractivity contribution in [2.24, 2.45) is 17.8 Å². The van der Waals surface area contributed by atoms with Crippen molar-refractivity contribution in [3.8, 4) is 0 Å². The Labute approximate surface area is 175 Å². The maximum Gasteiger partial charge on any atom is 0.227 e. The Bertz CT molecular complexity index is 657. The van der Waals surface area contributed by atoms with Gasteiger partial charge in [0.1, 0.15) is 0 Å². The van der Waals surface area contributed by atoms with Crippen LogP contribution in [0.2, 0.25) is 0 Å². The van der Waals surface area contributed by atoms with Crippen LogP contribution in [-0.2, 0) is 9.59 Å². The molecular weight excluding hydrogens is 362 g/mol. The Hall–Kier alpha value is -2.04. The standard InChI is InChI=1S/C24H37N3O2/c1-3-4-15-25-23(28)19-5-7-20(8-6-19)24(29)26-21-9-11-22(12-10-21)27-16-13-18(2)14-17-27/h9-12,18-20H,3-8,13-17H2,1-2H3,(H,25,28)(H,26,29). The molecule has 2 fully saturated rings. The van der Waals surface area contributed by atoms with E-state index >= 15 is 0 Å². The van der Waals surface area contributed by atoms with Crippen molar-refractivity contribution >= 4 is 23.2 Å². The summed E-state index contributed by atoms with van der Waals surface area (Å²) in [5, 5.41) is 6.11. The van der Waals surface area contributed by atoms with E-state index in [0.717, 1.165) is 69.8 Å². The molecule has 0 radical (unpaired) electrons. The minimum absolute atomic E-state index is 0.0120. The fourth-order valence-corrected chi connectivity index (χ4v) is 4.42. The maximum atomic E-state index is 12.7. The van der Waals surface area contributed by atoms with Gasteiger partial charge >= 0.3 is 0 Å². The molecule has 160 valence electrons. The summed E-state index contributed by atoms with van der Waals surface area (Å²) in [7, 11) is 0. The number of nitrogens with one attached hydrogen (secondary N) is 2. The molecule has 1 heterocycles. The second-order valence-electron chi connectivity index (χ2n) is 8.90. The fraction of sp³-hybridized carbons (Fsp3) is 0.667. The average Bonchev–Trinajstić information content (AvgIpc) is 2.75. The number of amides is 2. The summed E-state index contributed by atoms with van der Waals surface area (Å²) in [5.41, 5.74) is 2.10. The molecule has 3 rings (SSSR count). The van der Waals surface area contributed by atoms with Crippen molar-refractivity contribution in [1.82, 2.24) is 5.32 Å². The molecule has 1 aromatic carbocycles. The number of carbonyl (C=O) groups is 2. The van der Waals surface area contributed by atoms with E-state index in [2.05, 4.69) is 41.5 Å². The zero-order chi connectivity index (χ0) is 20.6. The molecule has 1 saturated carbocycles. The molecular formula is C24H37N3O2. The topological polar surface area (TPSA) is 61.4 Å². The summed E-state index contributed by atoms with van der Waals surface area (Å²) in [4.78, 5) is 27.3. The first-order valence-corrected chi connectivity index (χ1v) is 11.5. The van der Waals surface area contributed by atoms with Crippen molar-refractivity contribution in [3.63, 3.8) is 0 Å². The molecule has 2 amide bonds. The number of unbranched alkanes of at least 4 members (excludes halogenated alkanes) is 1. The van der Waals surface area contributed by atoms with E-state index in [-0.39, 0.29) is 23.7 Å². The molecule has 5 nitrogen and oxygen atoms in total. The fourth-order valence-electron chi connectivity index (χ4n) is 4.42. The molecule has 5 heteroatoms. The van der Waals surface area contributed by atoms with E-state index in [0.29, 0.717) is 0 Å². The number of anilines is 2. The van der Waals surface area contributed by atoms with Crippen LogP contribution in [0, 0.1) is 17.8 Å². The number of carbonyl (C=O) groups excluding carboxylic acids is 2. The number of benzene rings is 1. The van der Waals surface area contributed by atoms with Gasteiger partial charge < -0.3 is 15.5 Å². The molecule has 29 heavy (non-hydrogen) atoms. The van der Waals surface area contributed by atoms with Gasteiger partial charge in [0.05, 0.1) is 0 Å². The summed E-state index contributed by atoms with van der Waals surface area (Å²) in [6.07, 6.45) is 7.81. The van der Waals surface area contributed by atoms with Crippen LogP contribution >= 0.6 is 0 Å². The Morgan fingerprint density at radius 2 is 1.52 bits per heavy atom. The molecule has 1 saturated heterocycles. The van der Waals surface area contributed by atoms with Gasteiger partial charge in [-0.1, -0.05) is 20.3 Å². The highest BCUT2D eigenvalue weighted by molar-refractivity contribution is 5.93. The van der Waals surface area contributed by atoms with Gasteiger partial charge in [-0.3, -0.25) is 9.59 Å². The van der Waals surface area contributed by atoms with Gasteiger partial charge in [0.15, 0.2) is 0 Å². The minimum Gasteiger partial charge on any atom is -0.372 e. The van der Waals surface area contributed by atoms with Crippen LogP contribution in [-0.4, -0.2) is 31.4 Å². The minimum atomic E-state index is 0.0120. The molecule has 1 aromatic rings. The van der Waals surface area contributed by atoms with Crippen LogP contribution in [0.3, 0.4) is 0 Å². The Balaban J connectivity index is 1.43. The van der Waals surface area contributed by atoms with E-state index in [1.54, 1.807) is 0 Å². The van der Waals surface area contributed by atoms with E-state index in [4.69, 9.17) is 0 Å². The number of piperidine rings is 1. The summed E-state index contributed by atoms with van der Waals surface area (Å²) in [6, 6.07) is 8.25. The molecule has 0 aromatic heterocycles. The van der Waals surface area contributed by atoms with Gasteiger partial charge in [0, 0.05) is 42.8 Å². The van der Waals surface area contributed by atoms with Gasteiger partial charge in [-0.2, -0.15) is 0 Å². The summed E-state index contributed by atoms with van der Waals surface area (Å²) in [5.74, 6) is 1.16. The predicted octanol–water partition coefficient (Wildman–Crippen LogP) is 4.58. The molecule has 0 unspecified atom stereocenters. The zero-order valence-electron chi connectivity index (χ0n) is 18.1. The van der Waals surface area contributed by atoms with Gasteiger partial charge in [0.25, 0.3) is 0 Å². The number of hydrogen-bond acceptors (Lipinski definition) is 3. The van der Waals surface area contributed by atoms with Crippen molar-refractivity contribution in [1.29, 1.82) is 0 Å². The third-order valence-electron chi connectivity index (χ3n) is 6.58. The van der Waals surface area contributed by atoms with Crippen LogP contribution in [0.25, 0.3) is 0 Å². The number of hydrogen-bond donors (Lipinski definition) is 2. The summed E-state index contributed by atoms with van der Waals surface area (Å²) in [6.45, 7) is 7.44. The molecule has 1 aliphatic heterocycles. The van der Waals surface area contributed by atoms with Gasteiger partial charge in [0.2, 0.25) is 11.8 Å². The van der Waals surface area contributed by atoms with Crippen molar-refractivity contribution in [2.75, 3.05) is 29.9 Å². The first-order valence-electron chi connectivity index (χ1n) is 11.5. The third kappa shape index (κ3) is 6.22. The quantitative estimate of drug-likeness (QED) is 0.660. The van der Waals surface area contributed by atoms with E-state index < -0.39 is 0 Å². The summed E-state index contributed by atoms with van der Waals surface area (Å²) < 4.78 is 0. The number of rotatable bonds is 7. The maximum absolute atomic E-state index is 12.7. The van der Waals surface area contributed by atoms with Crippen LogP contribution in [0.5, 0.6) is 0 Å². The van der Waals surface area contributed by atoms with Crippen LogP contribution in [0.15, 0.2) is 24.3 Å². The predicted molar refractivity (Wildman–Crippen MR) is 119 cm³/mol. The van der Waals surface area contributed by atoms with E-state index in [1.807, 2.05) is 12.1 Å². The zero-order valence-corrected chi connectivity index (χ0v) is 18.1. The second-order valence-corrected chi connectivity index (χ2v) is 8.90. The molecule has 0 spiro atoms. The largest absolute Gasteiger partial charge is 0.372 e. The Kier molecular flexibility index (Phi) is 7.96. The molecule has 0 atom stereocenters. The van der Waals surface area contributed by atoms with E-state index in [9.17, 15) is 9.59 Å².